The fourth-order valence-corrected chi connectivity index (χ4v) is 11.4. The third-order valence-corrected chi connectivity index (χ3v) is 14.5. The fourth-order valence-electron chi connectivity index (χ4n) is 11.0. The van der Waals surface area contributed by atoms with Gasteiger partial charge < -0.3 is 45.4 Å². The number of fused-ring (bicyclic) bond motifs is 7. The van der Waals surface area contributed by atoms with Gasteiger partial charge in [0.25, 0.3) is 0 Å². The van der Waals surface area contributed by atoms with Crippen LogP contribution in [0.2, 0.25) is 0 Å². The van der Waals surface area contributed by atoms with Crippen LogP contribution < -0.4 is 16.0 Å². The highest BCUT2D eigenvalue weighted by Crippen LogP contribution is 2.70. The van der Waals surface area contributed by atoms with Crippen LogP contribution in [-0.2, 0) is 53.8 Å². The molecule has 7 rings (SSSR count). The highest BCUT2D eigenvalue weighted by molar-refractivity contribution is 7.81. The van der Waals surface area contributed by atoms with Gasteiger partial charge in [-0.2, -0.15) is 12.6 Å². The van der Waals surface area contributed by atoms with E-state index >= 15 is 0 Å². The van der Waals surface area contributed by atoms with Crippen molar-refractivity contribution in [3.05, 3.63) is 89.0 Å². The predicted molar refractivity (Wildman–Crippen MR) is 228 cm³/mol. The van der Waals surface area contributed by atoms with Crippen LogP contribution in [0.5, 0.6) is 0 Å². The second-order valence-electron chi connectivity index (χ2n) is 17.5. The van der Waals surface area contributed by atoms with Gasteiger partial charge in [0.1, 0.15) is 12.6 Å². The summed E-state index contributed by atoms with van der Waals surface area (Å²) in [6.07, 6.45) is 4.05. The number of phosphoric acid groups is 1. The molecule has 4 aliphatic carbocycles. The Kier molecular flexibility index (Phi) is 13.4. The molecule has 0 radical (unpaired) electrons. The smallest absolute Gasteiger partial charge is 0.470 e. The van der Waals surface area contributed by atoms with Gasteiger partial charge in [-0.3, -0.25) is 33.3 Å². The molecule has 2 aromatic rings. The minimum Gasteiger partial charge on any atom is -0.481 e. The lowest BCUT2D eigenvalue weighted by Crippen LogP contribution is -2.63. The minimum absolute atomic E-state index is 0.0728. The maximum absolute atomic E-state index is 14.4. The standard InChI is InChI=1S/C44H52N3O14PS/c1-42-15-14-29(48)18-27(42)10-11-30-31-19-35-44(34(50)22-59-62(56,57)58,43(31,2)20-33(49)39(30)42)61-41(60-35)26-8-6-24(7-9-26)16-25-4-3-5-28(17-25)46-40(55)32(12-13-38(53)54)47-36(51)21-45-37(52)23-63/h3-9,14-15,17-18,30-33,35,39,41,49,63H,10-13,16,19-23H2,1-2H3,(H,45,52)(H,46,55)(H,47,51)(H,53,54)(H2,56,57,58)/t30-,31-,32-,33-,35+,39+,41+,42-,43-,44+/m0/s1. The van der Waals surface area contributed by atoms with Crippen molar-refractivity contribution >= 4 is 61.4 Å². The van der Waals surface area contributed by atoms with Crippen molar-refractivity contribution in [2.45, 2.75) is 88.9 Å². The molecule has 0 unspecified atom stereocenters. The monoisotopic (exact) mass is 909 g/mol. The molecule has 338 valence electrons. The first-order chi connectivity index (χ1) is 29.8. The zero-order valence-electron chi connectivity index (χ0n) is 34.7. The lowest BCUT2D eigenvalue weighted by Gasteiger charge is -2.59. The zero-order valence-corrected chi connectivity index (χ0v) is 36.5. The molecule has 0 spiro atoms. The highest BCUT2D eigenvalue weighted by Gasteiger charge is 2.76. The minimum atomic E-state index is -5.04. The number of amides is 3. The number of carbonyl (C=O) groups is 6. The Morgan fingerprint density at radius 3 is 2.49 bits per heavy atom. The molecule has 3 saturated carbocycles. The van der Waals surface area contributed by atoms with Gasteiger partial charge in [-0.1, -0.05) is 61.9 Å². The molecular weight excluding hydrogens is 858 g/mol. The Hall–Kier alpha value is -4.52. The van der Waals surface area contributed by atoms with Crippen LogP contribution in [0, 0.1) is 28.6 Å². The lowest BCUT2D eigenvalue weighted by molar-refractivity contribution is -0.200. The summed E-state index contributed by atoms with van der Waals surface area (Å²) in [6, 6.07) is 13.1. The van der Waals surface area contributed by atoms with Gasteiger partial charge in [-0.25, -0.2) is 4.57 Å². The van der Waals surface area contributed by atoms with Gasteiger partial charge in [-0.15, -0.1) is 0 Å². The van der Waals surface area contributed by atoms with Gasteiger partial charge >= 0.3 is 13.8 Å². The summed E-state index contributed by atoms with van der Waals surface area (Å²) < 4.78 is 29.9. The molecule has 3 amide bonds. The van der Waals surface area contributed by atoms with Gasteiger partial charge in [0.2, 0.25) is 17.7 Å². The summed E-state index contributed by atoms with van der Waals surface area (Å²) in [6.45, 7) is 2.60. The number of rotatable bonds is 16. The maximum atomic E-state index is 14.4. The molecular formula is C44H52N3O14PS. The fraction of sp³-hybridized carbons (Fsp3) is 0.500. The molecule has 4 fully saturated rings. The number of carboxylic acid groups (broad SMARTS) is 1. The van der Waals surface area contributed by atoms with Crippen molar-refractivity contribution in [2.24, 2.45) is 28.6 Å². The van der Waals surface area contributed by atoms with E-state index < -0.39 is 91.4 Å². The molecule has 5 aliphatic rings. The average Bonchev–Trinajstić information content (AvgIpc) is 3.73. The van der Waals surface area contributed by atoms with Crippen molar-refractivity contribution in [1.82, 2.24) is 10.6 Å². The number of hydrogen-bond acceptors (Lipinski definition) is 12. The average molecular weight is 910 g/mol. The number of anilines is 1. The van der Waals surface area contributed by atoms with Gasteiger partial charge in [0.05, 0.1) is 24.5 Å². The van der Waals surface area contributed by atoms with Crippen LogP contribution in [0.4, 0.5) is 5.69 Å². The van der Waals surface area contributed by atoms with E-state index in [1.165, 1.54) is 0 Å². The number of aliphatic hydroxyl groups excluding tert-OH is 1. The summed E-state index contributed by atoms with van der Waals surface area (Å²) in [5.41, 5.74) is 0.354. The first kappa shape index (κ1) is 46.5. The summed E-state index contributed by atoms with van der Waals surface area (Å²) in [5, 5.41) is 28.8. The third-order valence-electron chi connectivity index (χ3n) is 13.8. The number of aliphatic hydroxyl groups is 1. The van der Waals surface area contributed by atoms with Crippen molar-refractivity contribution in [3.8, 4) is 0 Å². The van der Waals surface area contributed by atoms with E-state index in [1.54, 1.807) is 42.5 Å². The number of carboxylic acids is 1. The molecule has 1 saturated heterocycles. The van der Waals surface area contributed by atoms with Gasteiger partial charge in [0, 0.05) is 34.4 Å². The first-order valence-corrected chi connectivity index (χ1v) is 23.0. The molecule has 10 atom stereocenters. The van der Waals surface area contributed by atoms with E-state index in [9.17, 15) is 53.3 Å². The number of aliphatic carboxylic acids is 1. The van der Waals surface area contributed by atoms with E-state index in [0.717, 1.165) is 16.7 Å². The second-order valence-corrected chi connectivity index (χ2v) is 19.1. The van der Waals surface area contributed by atoms with Crippen molar-refractivity contribution in [1.29, 1.82) is 0 Å². The molecule has 2 aromatic carbocycles. The van der Waals surface area contributed by atoms with E-state index in [4.69, 9.17) is 14.0 Å². The van der Waals surface area contributed by atoms with Crippen molar-refractivity contribution < 1.29 is 67.3 Å². The molecule has 1 heterocycles. The summed E-state index contributed by atoms with van der Waals surface area (Å²) in [7, 11) is -5.04. The first-order valence-electron chi connectivity index (χ1n) is 20.8. The molecule has 0 aromatic heterocycles. The SMILES string of the molecule is C[C@]12C=CC(=O)C=C1CC[C@@H]1[C@@H]2[C@@H](O)C[C@@]2(C)[C@H]1C[C@H]1O[C@@H](c3ccc(Cc4cccc(NC(=O)[C@H](CCC(=O)O)NC(=O)CNC(=O)CS)c4)cc3)O[C@]12C(=O)COP(=O)(O)O. The van der Waals surface area contributed by atoms with E-state index in [-0.39, 0.29) is 48.6 Å². The molecule has 17 nitrogen and oxygen atoms in total. The van der Waals surface area contributed by atoms with Crippen LogP contribution in [0.15, 0.2) is 72.3 Å². The summed E-state index contributed by atoms with van der Waals surface area (Å²) in [4.78, 5) is 94.2. The number of ether oxygens (including phenoxy) is 2. The normalized spacial score (nSPS) is 31.1. The van der Waals surface area contributed by atoms with Crippen LogP contribution in [0.3, 0.4) is 0 Å². The van der Waals surface area contributed by atoms with Gasteiger partial charge in [-0.05, 0) is 85.8 Å². The Labute approximate surface area is 369 Å². The molecule has 1 aliphatic heterocycles. The number of benzene rings is 2. The number of thiol groups is 1. The second kappa shape index (κ2) is 18.2. The topological polar surface area (TPSA) is 264 Å². The van der Waals surface area contributed by atoms with Crippen LogP contribution in [0.1, 0.15) is 75.4 Å². The summed E-state index contributed by atoms with van der Waals surface area (Å²) >= 11 is 3.84. The molecule has 19 heteroatoms. The predicted octanol–water partition coefficient (Wildman–Crippen LogP) is 3.33. The van der Waals surface area contributed by atoms with E-state index in [0.29, 0.717) is 36.9 Å². The van der Waals surface area contributed by atoms with Crippen molar-refractivity contribution in [2.75, 3.05) is 24.2 Å². The lowest BCUT2D eigenvalue weighted by atomic mass is 9.46. The van der Waals surface area contributed by atoms with Crippen molar-refractivity contribution in [3.63, 3.8) is 0 Å². The maximum Gasteiger partial charge on any atom is 0.470 e. The number of ketones is 2. The number of phosphoric ester groups is 1. The van der Waals surface area contributed by atoms with Crippen LogP contribution in [0.25, 0.3) is 0 Å². The Morgan fingerprint density at radius 2 is 1.79 bits per heavy atom. The zero-order chi connectivity index (χ0) is 45.5. The van der Waals surface area contributed by atoms with E-state index in [1.807, 2.05) is 38.1 Å². The number of nitrogens with one attached hydrogen (secondary N) is 3. The number of carbonyl (C=O) groups excluding carboxylic acids is 5. The Balaban J connectivity index is 1.06. The quantitative estimate of drug-likeness (QED) is 0.0888. The van der Waals surface area contributed by atoms with Crippen LogP contribution >= 0.6 is 20.5 Å². The van der Waals surface area contributed by atoms with E-state index in [2.05, 4.69) is 28.6 Å². The highest BCUT2D eigenvalue weighted by atomic mass is 32.1. The number of Topliss-reactive ketones (excluding diaryl/α,β-unsaturated/α-hetero) is 1. The van der Waals surface area contributed by atoms with Gasteiger partial charge in [0.15, 0.2) is 23.5 Å². The largest absolute Gasteiger partial charge is 0.481 e. The summed E-state index contributed by atoms with van der Waals surface area (Å²) in [5.74, 6) is -4.34. The van der Waals surface area contributed by atoms with Crippen LogP contribution in [-0.4, -0.2) is 98.0 Å². The number of hydrogen-bond donors (Lipinski definition) is 8. The molecule has 63 heavy (non-hydrogen) atoms. The Morgan fingerprint density at radius 1 is 1.05 bits per heavy atom. The third kappa shape index (κ3) is 9.36. The molecule has 0 bridgehead atoms. The molecule has 7 N–H and O–H groups in total. The Bertz CT molecular complexity index is 2280. The number of allylic oxidation sites excluding steroid dienone is 4.